The quantitative estimate of drug-likeness (QED) is 0.839. The molecule has 0 unspecified atom stereocenters. The monoisotopic (exact) mass is 268 g/mol. The van der Waals surface area contributed by atoms with Crippen LogP contribution in [0.4, 0.5) is 10.5 Å². The lowest BCUT2D eigenvalue weighted by Gasteiger charge is -2.16. The number of amides is 2. The Bertz CT molecular complexity index is 453. The lowest BCUT2D eigenvalue weighted by atomic mass is 10.3. The molecule has 0 atom stereocenters. The molecular weight excluding hydrogens is 252 g/mol. The molecule has 0 fully saturated rings. The molecule has 0 aliphatic rings. The Morgan fingerprint density at radius 1 is 1.21 bits per heavy atom. The summed E-state index contributed by atoms with van der Waals surface area (Å²) in [7, 11) is 4.38. The molecular formula is C12H16N2O5. The zero-order chi connectivity index (χ0) is 14.4. The molecule has 0 aromatic heterocycles. The standard InChI is InChI=1S/C12H16N2O5/c1-14(7-11(15)16)12(17)13-8-4-9(18-2)6-10(5-8)19-3/h4-6H,7H2,1-3H3,(H,13,17)(H,15,16). The zero-order valence-electron chi connectivity index (χ0n) is 11.0. The Balaban J connectivity index is 2.80. The molecule has 1 rings (SSSR count). The van der Waals surface area contributed by atoms with Crippen molar-refractivity contribution in [1.82, 2.24) is 4.90 Å². The van der Waals surface area contributed by atoms with Crippen LogP contribution in [0.25, 0.3) is 0 Å². The van der Waals surface area contributed by atoms with Crippen LogP contribution in [-0.2, 0) is 4.79 Å². The SMILES string of the molecule is COc1cc(NC(=O)N(C)CC(=O)O)cc(OC)c1. The second kappa shape index (κ2) is 6.48. The van der Waals surface area contributed by atoms with Crippen LogP contribution in [0.15, 0.2) is 18.2 Å². The van der Waals surface area contributed by atoms with Crippen molar-refractivity contribution in [1.29, 1.82) is 0 Å². The number of urea groups is 1. The van der Waals surface area contributed by atoms with E-state index >= 15 is 0 Å². The smallest absolute Gasteiger partial charge is 0.323 e. The molecule has 0 bridgehead atoms. The predicted octanol–water partition coefficient (Wildman–Crippen LogP) is 1.25. The van der Waals surface area contributed by atoms with Crippen molar-refractivity contribution in [2.75, 3.05) is 33.1 Å². The van der Waals surface area contributed by atoms with Crippen molar-refractivity contribution in [2.45, 2.75) is 0 Å². The number of carbonyl (C=O) groups is 2. The number of hydrogen-bond donors (Lipinski definition) is 2. The number of ether oxygens (including phenoxy) is 2. The van der Waals surface area contributed by atoms with Gasteiger partial charge in [0.2, 0.25) is 0 Å². The summed E-state index contributed by atoms with van der Waals surface area (Å²) in [6.07, 6.45) is 0. The zero-order valence-corrected chi connectivity index (χ0v) is 11.0. The van der Waals surface area contributed by atoms with Crippen molar-refractivity contribution in [3.63, 3.8) is 0 Å². The molecule has 19 heavy (non-hydrogen) atoms. The maximum absolute atomic E-state index is 11.7. The average Bonchev–Trinajstić information content (AvgIpc) is 2.37. The first-order valence-corrected chi connectivity index (χ1v) is 5.43. The molecule has 1 aromatic rings. The van der Waals surface area contributed by atoms with E-state index in [4.69, 9.17) is 14.6 Å². The van der Waals surface area contributed by atoms with Gasteiger partial charge in [-0.05, 0) is 0 Å². The van der Waals surface area contributed by atoms with Gasteiger partial charge in [-0.25, -0.2) is 4.79 Å². The van der Waals surface area contributed by atoms with E-state index in [0.717, 1.165) is 4.90 Å². The highest BCUT2D eigenvalue weighted by atomic mass is 16.5. The predicted molar refractivity (Wildman–Crippen MR) is 68.8 cm³/mol. The fourth-order valence-electron chi connectivity index (χ4n) is 1.37. The van der Waals surface area contributed by atoms with E-state index < -0.39 is 12.0 Å². The van der Waals surface area contributed by atoms with Crippen LogP contribution < -0.4 is 14.8 Å². The summed E-state index contributed by atoms with van der Waals surface area (Å²) in [5.74, 6) is -0.0352. The second-order valence-corrected chi connectivity index (χ2v) is 3.78. The van der Waals surface area contributed by atoms with Crippen LogP contribution in [0.1, 0.15) is 0 Å². The van der Waals surface area contributed by atoms with Crippen molar-refractivity contribution in [3.05, 3.63) is 18.2 Å². The topological polar surface area (TPSA) is 88.1 Å². The number of methoxy groups -OCH3 is 2. The van der Waals surface area contributed by atoms with E-state index in [1.807, 2.05) is 0 Å². The fraction of sp³-hybridized carbons (Fsp3) is 0.333. The van der Waals surface area contributed by atoms with Gasteiger partial charge in [0.25, 0.3) is 0 Å². The summed E-state index contributed by atoms with van der Waals surface area (Å²) in [5, 5.41) is 11.2. The number of anilines is 1. The Morgan fingerprint density at radius 2 is 1.74 bits per heavy atom. The Hall–Kier alpha value is -2.44. The number of carboxylic acid groups (broad SMARTS) is 1. The maximum Gasteiger partial charge on any atom is 0.323 e. The summed E-state index contributed by atoms with van der Waals surface area (Å²) in [5.41, 5.74) is 0.457. The molecule has 0 saturated heterocycles. The van der Waals surface area contributed by atoms with Crippen molar-refractivity contribution >= 4 is 17.7 Å². The van der Waals surface area contributed by atoms with E-state index in [2.05, 4.69) is 5.32 Å². The van der Waals surface area contributed by atoms with Crippen LogP contribution in [0.5, 0.6) is 11.5 Å². The third kappa shape index (κ3) is 4.38. The molecule has 0 heterocycles. The van der Waals surface area contributed by atoms with Gasteiger partial charge in [0, 0.05) is 30.9 Å². The van der Waals surface area contributed by atoms with Gasteiger partial charge in [0.1, 0.15) is 18.0 Å². The van der Waals surface area contributed by atoms with E-state index in [1.165, 1.54) is 21.3 Å². The van der Waals surface area contributed by atoms with Gasteiger partial charge in [-0.1, -0.05) is 0 Å². The molecule has 104 valence electrons. The molecule has 2 amide bonds. The van der Waals surface area contributed by atoms with Crippen LogP contribution in [-0.4, -0.2) is 49.8 Å². The third-order valence-corrected chi connectivity index (χ3v) is 2.32. The average molecular weight is 268 g/mol. The third-order valence-electron chi connectivity index (χ3n) is 2.32. The number of benzene rings is 1. The van der Waals surface area contributed by atoms with Gasteiger partial charge in [-0.15, -0.1) is 0 Å². The summed E-state index contributed by atoms with van der Waals surface area (Å²) in [4.78, 5) is 23.3. The molecule has 0 aliphatic heterocycles. The van der Waals surface area contributed by atoms with Crippen LogP contribution in [0.2, 0.25) is 0 Å². The van der Waals surface area contributed by atoms with Gasteiger partial charge >= 0.3 is 12.0 Å². The summed E-state index contributed by atoms with van der Waals surface area (Å²) in [6.45, 7) is -0.382. The van der Waals surface area contributed by atoms with Crippen LogP contribution in [0.3, 0.4) is 0 Å². The number of rotatable bonds is 5. The van der Waals surface area contributed by atoms with Gasteiger partial charge < -0.3 is 24.8 Å². The molecule has 0 spiro atoms. The number of carboxylic acids is 1. The minimum atomic E-state index is -1.08. The van der Waals surface area contributed by atoms with Crippen molar-refractivity contribution < 1.29 is 24.2 Å². The van der Waals surface area contributed by atoms with Crippen molar-refractivity contribution in [2.24, 2.45) is 0 Å². The molecule has 7 nitrogen and oxygen atoms in total. The molecule has 1 aromatic carbocycles. The highest BCUT2D eigenvalue weighted by Crippen LogP contribution is 2.25. The highest BCUT2D eigenvalue weighted by Gasteiger charge is 2.13. The van der Waals surface area contributed by atoms with Crippen LogP contribution in [0, 0.1) is 0 Å². The van der Waals surface area contributed by atoms with Gasteiger partial charge in [0.05, 0.1) is 14.2 Å². The minimum absolute atomic E-state index is 0.382. The van der Waals surface area contributed by atoms with Crippen LogP contribution >= 0.6 is 0 Å². The van der Waals surface area contributed by atoms with E-state index in [1.54, 1.807) is 18.2 Å². The summed E-state index contributed by atoms with van der Waals surface area (Å²) < 4.78 is 10.1. The maximum atomic E-state index is 11.7. The first kappa shape index (κ1) is 14.6. The van der Waals surface area contributed by atoms with E-state index in [9.17, 15) is 9.59 Å². The molecule has 0 radical (unpaired) electrons. The number of likely N-dealkylation sites (N-methyl/N-ethyl adjacent to an activating group) is 1. The van der Waals surface area contributed by atoms with E-state index in [-0.39, 0.29) is 6.54 Å². The van der Waals surface area contributed by atoms with Gasteiger partial charge in [0.15, 0.2) is 0 Å². The first-order chi connectivity index (χ1) is 8.96. The lowest BCUT2D eigenvalue weighted by molar-refractivity contribution is -0.137. The number of hydrogen-bond acceptors (Lipinski definition) is 4. The Morgan fingerprint density at radius 3 is 2.16 bits per heavy atom. The normalized spacial score (nSPS) is 9.63. The van der Waals surface area contributed by atoms with E-state index in [0.29, 0.717) is 17.2 Å². The molecule has 7 heteroatoms. The Kier molecular flexibility index (Phi) is 4.99. The Labute approximate surface area is 110 Å². The van der Waals surface area contributed by atoms with Crippen molar-refractivity contribution in [3.8, 4) is 11.5 Å². The first-order valence-electron chi connectivity index (χ1n) is 5.43. The number of nitrogens with zero attached hydrogens (tertiary/aromatic N) is 1. The molecule has 2 N–H and O–H groups in total. The highest BCUT2D eigenvalue weighted by molar-refractivity contribution is 5.91. The largest absolute Gasteiger partial charge is 0.497 e. The van der Waals surface area contributed by atoms with Gasteiger partial charge in [-0.2, -0.15) is 0 Å². The lowest BCUT2D eigenvalue weighted by Crippen LogP contribution is -2.35. The van der Waals surface area contributed by atoms with Gasteiger partial charge in [-0.3, -0.25) is 4.79 Å². The summed E-state index contributed by atoms with van der Waals surface area (Å²) in [6, 6.07) is 4.35. The molecule has 0 saturated carbocycles. The second-order valence-electron chi connectivity index (χ2n) is 3.78. The number of carbonyl (C=O) groups excluding carboxylic acids is 1. The number of nitrogens with one attached hydrogen (secondary N) is 1. The number of aliphatic carboxylic acids is 1. The fourth-order valence-corrected chi connectivity index (χ4v) is 1.37. The summed E-state index contributed by atoms with van der Waals surface area (Å²) >= 11 is 0. The minimum Gasteiger partial charge on any atom is -0.497 e. The molecule has 0 aliphatic carbocycles.